The third-order valence-corrected chi connectivity index (χ3v) is 6.79. The first-order valence-corrected chi connectivity index (χ1v) is 11.2. The highest BCUT2D eigenvalue weighted by molar-refractivity contribution is 7.15. The standard InChI is InChI=1S/C20H17ClFN7O2S/c21-12-5-2-6-13(22)17(12)18-25-15(31-26-18)8-3-9-23-19(30)16-11-4-1-7-14(11)32-20(16)29-10-24-27-28-29/h2,5-6,10H,1,3-4,7-9H2,(H,23,30). The molecular formula is C20H17ClFN7O2S. The molecule has 1 amide bonds. The Hall–Kier alpha value is -3.18. The van der Waals surface area contributed by atoms with Crippen molar-refractivity contribution in [2.24, 2.45) is 0 Å². The molecule has 3 aromatic heterocycles. The van der Waals surface area contributed by atoms with Gasteiger partial charge in [-0.05, 0) is 53.8 Å². The molecule has 0 spiro atoms. The summed E-state index contributed by atoms with van der Waals surface area (Å²) in [5.74, 6) is -0.218. The van der Waals surface area contributed by atoms with Gasteiger partial charge < -0.3 is 9.84 Å². The fourth-order valence-corrected chi connectivity index (χ4v) is 5.29. The zero-order valence-electron chi connectivity index (χ0n) is 16.7. The number of halogens is 2. The molecule has 5 rings (SSSR count). The van der Waals surface area contributed by atoms with Gasteiger partial charge in [0.05, 0.1) is 16.1 Å². The number of rotatable bonds is 7. The second kappa shape index (κ2) is 8.75. The van der Waals surface area contributed by atoms with Crippen LogP contribution in [0.25, 0.3) is 16.4 Å². The lowest BCUT2D eigenvalue weighted by molar-refractivity contribution is 0.0952. The number of fused-ring (bicyclic) bond motifs is 1. The van der Waals surface area contributed by atoms with Crippen molar-refractivity contribution >= 4 is 28.8 Å². The minimum atomic E-state index is -0.515. The topological polar surface area (TPSA) is 112 Å². The molecular weight excluding hydrogens is 457 g/mol. The van der Waals surface area contributed by atoms with Crippen molar-refractivity contribution in [3.05, 3.63) is 57.3 Å². The zero-order valence-corrected chi connectivity index (χ0v) is 18.3. The molecule has 0 saturated carbocycles. The van der Waals surface area contributed by atoms with Gasteiger partial charge in [-0.25, -0.2) is 4.39 Å². The van der Waals surface area contributed by atoms with Crippen LogP contribution in [0.4, 0.5) is 4.39 Å². The van der Waals surface area contributed by atoms with Gasteiger partial charge in [0.25, 0.3) is 5.91 Å². The molecule has 0 saturated heterocycles. The van der Waals surface area contributed by atoms with E-state index in [0.29, 0.717) is 30.8 Å². The summed E-state index contributed by atoms with van der Waals surface area (Å²) >= 11 is 7.61. The van der Waals surface area contributed by atoms with Crippen molar-refractivity contribution in [2.75, 3.05) is 6.54 Å². The summed E-state index contributed by atoms with van der Waals surface area (Å²) in [5, 5.41) is 19.0. The quantitative estimate of drug-likeness (QED) is 0.409. The van der Waals surface area contributed by atoms with Gasteiger partial charge in [0.2, 0.25) is 11.7 Å². The third-order valence-electron chi connectivity index (χ3n) is 5.19. The molecule has 1 aliphatic carbocycles. The number of tetrazole rings is 1. The molecule has 3 heterocycles. The van der Waals surface area contributed by atoms with Gasteiger partial charge >= 0.3 is 0 Å². The molecule has 0 bridgehead atoms. The Labute approximate surface area is 190 Å². The Bertz CT molecular complexity index is 1250. The van der Waals surface area contributed by atoms with Gasteiger partial charge in [0.1, 0.15) is 17.1 Å². The summed E-state index contributed by atoms with van der Waals surface area (Å²) in [7, 11) is 0. The fraction of sp³-hybridized carbons (Fsp3) is 0.300. The van der Waals surface area contributed by atoms with Crippen LogP contribution in [0, 0.1) is 5.82 Å². The third kappa shape index (κ3) is 3.89. The van der Waals surface area contributed by atoms with Crippen molar-refractivity contribution < 1.29 is 13.7 Å². The van der Waals surface area contributed by atoms with Crippen LogP contribution in [0.1, 0.15) is 39.5 Å². The monoisotopic (exact) mass is 473 g/mol. The number of hydrogen-bond acceptors (Lipinski definition) is 8. The molecule has 1 N–H and O–H groups in total. The van der Waals surface area contributed by atoms with Crippen LogP contribution in [0.5, 0.6) is 0 Å². The highest BCUT2D eigenvalue weighted by atomic mass is 35.5. The number of nitrogens with zero attached hydrogens (tertiary/aromatic N) is 6. The van der Waals surface area contributed by atoms with Crippen LogP contribution in [0.3, 0.4) is 0 Å². The average molecular weight is 474 g/mol. The molecule has 9 nitrogen and oxygen atoms in total. The normalized spacial score (nSPS) is 12.8. The van der Waals surface area contributed by atoms with Crippen molar-refractivity contribution in [1.29, 1.82) is 0 Å². The largest absolute Gasteiger partial charge is 0.352 e. The summed E-state index contributed by atoms with van der Waals surface area (Å²) < 4.78 is 20.8. The molecule has 0 atom stereocenters. The van der Waals surface area contributed by atoms with E-state index >= 15 is 0 Å². The molecule has 164 valence electrons. The van der Waals surface area contributed by atoms with Crippen LogP contribution in [0.15, 0.2) is 29.0 Å². The maximum atomic E-state index is 14.0. The average Bonchev–Trinajstić information content (AvgIpc) is 3.55. The number of nitrogens with one attached hydrogen (secondary N) is 1. The minimum absolute atomic E-state index is 0.104. The van der Waals surface area contributed by atoms with Crippen LogP contribution in [-0.4, -0.2) is 42.8 Å². The minimum Gasteiger partial charge on any atom is -0.352 e. The lowest BCUT2D eigenvalue weighted by atomic mass is 10.1. The summed E-state index contributed by atoms with van der Waals surface area (Å²) in [4.78, 5) is 18.4. The number of amides is 1. The van der Waals surface area contributed by atoms with Gasteiger partial charge in [-0.1, -0.05) is 22.8 Å². The number of aryl methyl sites for hydroxylation is 2. The molecule has 0 fully saturated rings. The van der Waals surface area contributed by atoms with E-state index in [1.54, 1.807) is 17.4 Å². The SMILES string of the molecule is O=C(NCCCc1nc(-c2c(F)cccc2Cl)no1)c1c(-n2cnnn2)sc2c1CCC2. The van der Waals surface area contributed by atoms with Crippen LogP contribution < -0.4 is 5.32 Å². The lowest BCUT2D eigenvalue weighted by Crippen LogP contribution is -2.26. The zero-order chi connectivity index (χ0) is 22.1. The second-order valence-electron chi connectivity index (χ2n) is 7.26. The summed E-state index contributed by atoms with van der Waals surface area (Å²) in [6.45, 7) is 0.413. The van der Waals surface area contributed by atoms with E-state index in [2.05, 4.69) is 31.0 Å². The molecule has 1 aromatic carbocycles. The van der Waals surface area contributed by atoms with Crippen molar-refractivity contribution in [1.82, 2.24) is 35.7 Å². The molecule has 0 aliphatic heterocycles. The molecule has 1 aliphatic rings. The van der Waals surface area contributed by atoms with E-state index in [9.17, 15) is 9.18 Å². The number of thiophene rings is 1. The van der Waals surface area contributed by atoms with E-state index in [-0.39, 0.29) is 22.3 Å². The van der Waals surface area contributed by atoms with Gasteiger partial charge in [-0.3, -0.25) is 4.79 Å². The highest BCUT2D eigenvalue weighted by Gasteiger charge is 2.28. The molecule has 4 aromatic rings. The van der Waals surface area contributed by atoms with Crippen LogP contribution in [0.2, 0.25) is 5.02 Å². The summed E-state index contributed by atoms with van der Waals surface area (Å²) in [5.41, 5.74) is 1.84. The second-order valence-corrected chi connectivity index (χ2v) is 8.75. The Morgan fingerprint density at radius 1 is 1.34 bits per heavy atom. The van der Waals surface area contributed by atoms with Gasteiger partial charge in [0.15, 0.2) is 0 Å². The van der Waals surface area contributed by atoms with E-state index in [4.69, 9.17) is 16.1 Å². The van der Waals surface area contributed by atoms with Crippen LogP contribution in [-0.2, 0) is 19.3 Å². The van der Waals surface area contributed by atoms with E-state index in [1.807, 2.05) is 0 Å². The number of aromatic nitrogens is 6. The number of carbonyl (C=O) groups excluding carboxylic acids is 1. The van der Waals surface area contributed by atoms with Gasteiger partial charge in [-0.2, -0.15) is 9.67 Å². The first-order valence-electron chi connectivity index (χ1n) is 10.0. The van der Waals surface area contributed by atoms with Crippen molar-refractivity contribution in [2.45, 2.75) is 32.1 Å². The van der Waals surface area contributed by atoms with Gasteiger partial charge in [-0.15, -0.1) is 16.4 Å². The fourth-order valence-electron chi connectivity index (χ4n) is 3.74. The summed E-state index contributed by atoms with van der Waals surface area (Å²) in [6, 6.07) is 4.37. The van der Waals surface area contributed by atoms with Crippen LogP contribution >= 0.6 is 22.9 Å². The Morgan fingerprint density at radius 3 is 3.06 bits per heavy atom. The smallest absolute Gasteiger partial charge is 0.254 e. The summed E-state index contributed by atoms with van der Waals surface area (Å²) in [6.07, 6.45) is 5.38. The molecule has 12 heteroatoms. The first kappa shape index (κ1) is 20.7. The molecule has 0 radical (unpaired) electrons. The predicted octanol–water partition coefficient (Wildman–Crippen LogP) is 3.42. The van der Waals surface area contributed by atoms with Crippen molar-refractivity contribution in [3.8, 4) is 16.4 Å². The maximum absolute atomic E-state index is 14.0. The lowest BCUT2D eigenvalue weighted by Gasteiger charge is -2.07. The number of hydrogen-bond donors (Lipinski definition) is 1. The Balaban J connectivity index is 1.22. The number of carbonyl (C=O) groups is 1. The highest BCUT2D eigenvalue weighted by Crippen LogP contribution is 2.37. The van der Waals surface area contributed by atoms with E-state index in [1.165, 1.54) is 28.0 Å². The Morgan fingerprint density at radius 2 is 2.25 bits per heavy atom. The maximum Gasteiger partial charge on any atom is 0.254 e. The van der Waals surface area contributed by atoms with E-state index in [0.717, 1.165) is 29.8 Å². The number of benzene rings is 1. The molecule has 32 heavy (non-hydrogen) atoms. The van der Waals surface area contributed by atoms with Gasteiger partial charge in [0, 0.05) is 17.8 Å². The van der Waals surface area contributed by atoms with E-state index < -0.39 is 5.82 Å². The first-order chi connectivity index (χ1) is 15.6. The predicted molar refractivity (Wildman–Crippen MR) is 114 cm³/mol. The molecule has 0 unspecified atom stereocenters. The Kier molecular flexibility index (Phi) is 5.66. The van der Waals surface area contributed by atoms with Crippen molar-refractivity contribution in [3.63, 3.8) is 0 Å².